The van der Waals surface area contributed by atoms with Crippen LogP contribution < -0.4 is 14.9 Å². The van der Waals surface area contributed by atoms with Crippen molar-refractivity contribution in [3.05, 3.63) is 76.5 Å². The van der Waals surface area contributed by atoms with Crippen molar-refractivity contribution in [2.45, 2.75) is 30.7 Å². The van der Waals surface area contributed by atoms with Gasteiger partial charge < -0.3 is 59.1 Å². The van der Waals surface area contributed by atoms with E-state index in [2.05, 4.69) is 0 Å². The van der Waals surface area contributed by atoms with E-state index >= 15 is 0 Å². The fourth-order valence-electron chi connectivity index (χ4n) is 4.60. The van der Waals surface area contributed by atoms with E-state index in [1.807, 2.05) is 0 Å². The maximum atomic E-state index is 12.8. The number of aliphatic hydroxyl groups excluding tert-OH is 3. The van der Waals surface area contributed by atoms with Crippen molar-refractivity contribution in [2.75, 3.05) is 13.7 Å². The van der Waals surface area contributed by atoms with Crippen LogP contribution in [0.5, 0.6) is 34.5 Å². The molecule has 1 fully saturated rings. The number of rotatable bonds is 8. The van der Waals surface area contributed by atoms with Crippen LogP contribution in [0.4, 0.5) is 0 Å². The van der Waals surface area contributed by atoms with E-state index in [4.69, 9.17) is 23.4 Å². The van der Waals surface area contributed by atoms with Crippen LogP contribution in [0.1, 0.15) is 5.56 Å². The van der Waals surface area contributed by atoms with Crippen molar-refractivity contribution < 1.29 is 63.9 Å². The molecule has 14 nitrogen and oxygen atoms in total. The molecule has 5 rings (SSSR count). The number of fused-ring (bicyclic) bond motifs is 1. The minimum atomic E-state index is -1.79. The smallest absolute Gasteiger partial charge is 0.330 e. The lowest BCUT2D eigenvalue weighted by molar-refractivity contribution is -0.278. The molecule has 7 N–H and O–H groups in total. The molecule has 14 heteroatoms. The molecule has 236 valence electrons. The van der Waals surface area contributed by atoms with Gasteiger partial charge in [-0.15, -0.1) is 0 Å². The van der Waals surface area contributed by atoms with Gasteiger partial charge in [-0.1, -0.05) is 6.07 Å². The van der Waals surface area contributed by atoms with Crippen LogP contribution in [0.3, 0.4) is 0 Å². The van der Waals surface area contributed by atoms with Gasteiger partial charge in [0.05, 0.1) is 7.11 Å². The number of aromatic hydroxyl groups is 4. The Kier molecular flexibility index (Phi) is 8.83. The summed E-state index contributed by atoms with van der Waals surface area (Å²) in [6, 6.07) is 11.6. The van der Waals surface area contributed by atoms with Crippen LogP contribution in [-0.4, -0.2) is 86.1 Å². The normalized spacial score (nSPS) is 21.6. The number of hydrogen-bond acceptors (Lipinski definition) is 14. The third-order valence-electron chi connectivity index (χ3n) is 6.97. The van der Waals surface area contributed by atoms with E-state index in [-0.39, 0.29) is 45.3 Å². The van der Waals surface area contributed by atoms with Crippen molar-refractivity contribution in [3.63, 3.8) is 0 Å². The highest BCUT2D eigenvalue weighted by Gasteiger charge is 2.45. The summed E-state index contributed by atoms with van der Waals surface area (Å²) in [6.45, 7) is -0.553. The molecule has 3 aromatic carbocycles. The Balaban J connectivity index is 1.31. The number of methoxy groups -OCH3 is 1. The zero-order valence-electron chi connectivity index (χ0n) is 23.4. The zero-order valence-corrected chi connectivity index (χ0v) is 23.4. The Morgan fingerprint density at radius 3 is 2.36 bits per heavy atom. The molecule has 0 amide bonds. The van der Waals surface area contributed by atoms with Crippen LogP contribution >= 0.6 is 0 Å². The molecule has 4 aromatic rings. The zero-order chi connectivity index (χ0) is 32.4. The predicted molar refractivity (Wildman–Crippen MR) is 155 cm³/mol. The number of carbonyl (C=O) groups is 1. The van der Waals surface area contributed by atoms with Gasteiger partial charge in [-0.05, 0) is 42.0 Å². The van der Waals surface area contributed by atoms with E-state index in [0.717, 1.165) is 18.2 Å². The Morgan fingerprint density at radius 2 is 1.64 bits per heavy atom. The molecule has 0 aliphatic carbocycles. The highest BCUT2D eigenvalue weighted by Crippen LogP contribution is 2.35. The second-order valence-corrected chi connectivity index (χ2v) is 10.0. The maximum absolute atomic E-state index is 12.8. The molecule has 0 radical (unpaired) electrons. The number of ether oxygens (including phenoxy) is 4. The Hall–Kier alpha value is -5.28. The van der Waals surface area contributed by atoms with Gasteiger partial charge in [0.25, 0.3) is 0 Å². The first-order valence-electron chi connectivity index (χ1n) is 13.4. The lowest BCUT2D eigenvalue weighted by Crippen LogP contribution is -2.60. The van der Waals surface area contributed by atoms with Crippen LogP contribution in [0.15, 0.2) is 69.9 Å². The third kappa shape index (κ3) is 6.63. The first kappa shape index (κ1) is 31.2. The predicted octanol–water partition coefficient (Wildman–Crippen LogP) is 1.73. The molecule has 45 heavy (non-hydrogen) atoms. The quantitative estimate of drug-likeness (QED) is 0.0842. The summed E-state index contributed by atoms with van der Waals surface area (Å²) in [4.78, 5) is 25.0. The molecule has 1 saturated heterocycles. The van der Waals surface area contributed by atoms with Crippen molar-refractivity contribution in [2.24, 2.45) is 0 Å². The number of aliphatic hydroxyl groups is 3. The first-order chi connectivity index (χ1) is 21.4. The van der Waals surface area contributed by atoms with Gasteiger partial charge in [-0.25, -0.2) is 4.79 Å². The van der Waals surface area contributed by atoms with Crippen LogP contribution in [0, 0.1) is 0 Å². The summed E-state index contributed by atoms with van der Waals surface area (Å²) in [5, 5.41) is 71.0. The minimum absolute atomic E-state index is 0.00781. The standard InChI is InChI=1S/C31H28O14/c1-41-22-6-2-14(8-19(22)34)3-7-26(37)42-13-25-28(38)29(39)30(40)31(45-25)43-16-10-20(35)27-21(36)12-23(44-24(27)11-16)15-4-5-17(32)18(33)9-15/h2-12,25,28-35,38-40H,13H2,1H3/b7-3+/t25-,28-,29+,30-,31-/m1/s1. The number of hydrogen-bond donors (Lipinski definition) is 7. The molecule has 0 unspecified atom stereocenters. The summed E-state index contributed by atoms with van der Waals surface area (Å²) in [6.07, 6.45) is -5.80. The van der Waals surface area contributed by atoms with Gasteiger partial charge in [0.15, 0.2) is 28.4 Å². The van der Waals surface area contributed by atoms with Gasteiger partial charge in [0, 0.05) is 29.8 Å². The molecule has 5 atom stereocenters. The van der Waals surface area contributed by atoms with Crippen LogP contribution in [0.25, 0.3) is 28.4 Å². The number of benzene rings is 3. The van der Waals surface area contributed by atoms with Gasteiger partial charge >= 0.3 is 5.97 Å². The third-order valence-corrected chi connectivity index (χ3v) is 6.97. The molecular formula is C31H28O14. The highest BCUT2D eigenvalue weighted by molar-refractivity contribution is 5.87. The van der Waals surface area contributed by atoms with E-state index in [9.17, 15) is 45.3 Å². The van der Waals surface area contributed by atoms with Gasteiger partial charge in [0.2, 0.25) is 6.29 Å². The average molecular weight is 625 g/mol. The number of carbonyl (C=O) groups excluding carboxylic acids is 1. The Morgan fingerprint density at radius 1 is 0.867 bits per heavy atom. The molecule has 0 saturated carbocycles. The van der Waals surface area contributed by atoms with Gasteiger partial charge in [-0.3, -0.25) is 4.79 Å². The Bertz CT molecular complexity index is 1810. The molecular weight excluding hydrogens is 596 g/mol. The molecule has 1 aromatic heterocycles. The monoisotopic (exact) mass is 624 g/mol. The molecule has 2 heterocycles. The minimum Gasteiger partial charge on any atom is -0.507 e. The Labute approximate surface area is 253 Å². The summed E-state index contributed by atoms with van der Waals surface area (Å²) >= 11 is 0. The van der Waals surface area contributed by atoms with E-state index in [1.54, 1.807) is 6.07 Å². The largest absolute Gasteiger partial charge is 0.507 e. The van der Waals surface area contributed by atoms with E-state index in [0.29, 0.717) is 5.56 Å². The fourth-order valence-corrected chi connectivity index (χ4v) is 4.60. The van der Waals surface area contributed by atoms with Crippen molar-refractivity contribution in [3.8, 4) is 45.8 Å². The second kappa shape index (κ2) is 12.8. The summed E-state index contributed by atoms with van der Waals surface area (Å²) in [5.41, 5.74) is -0.0647. The number of phenols is 4. The maximum Gasteiger partial charge on any atom is 0.330 e. The molecule has 1 aliphatic rings. The summed E-state index contributed by atoms with van der Waals surface area (Å²) in [5.74, 6) is -2.27. The first-order valence-corrected chi connectivity index (χ1v) is 13.4. The topological polar surface area (TPSA) is 226 Å². The lowest BCUT2D eigenvalue weighted by atomic mass is 9.99. The van der Waals surface area contributed by atoms with Crippen molar-refractivity contribution >= 4 is 23.0 Å². The molecule has 1 aliphatic heterocycles. The second-order valence-electron chi connectivity index (χ2n) is 10.0. The summed E-state index contributed by atoms with van der Waals surface area (Å²) in [7, 11) is 1.39. The molecule has 0 spiro atoms. The number of phenolic OH excluding ortho intramolecular Hbond substituents is 4. The highest BCUT2D eigenvalue weighted by atomic mass is 16.7. The molecule has 0 bridgehead atoms. The SMILES string of the molecule is COc1ccc(/C=C/C(=O)OC[C@H]2O[C@@H](Oc3cc(O)c4c(=O)cc(-c5ccc(O)c(O)c5)oc4c3)[C@H](O)[C@@H](O)[C@@H]2O)cc1O. The average Bonchev–Trinajstić information content (AvgIpc) is 3.00. The van der Waals surface area contributed by atoms with Gasteiger partial charge in [-0.2, -0.15) is 0 Å². The number of esters is 1. The fraction of sp³-hybridized carbons (Fsp3) is 0.226. The van der Waals surface area contributed by atoms with Crippen molar-refractivity contribution in [1.82, 2.24) is 0 Å². The summed E-state index contributed by atoms with van der Waals surface area (Å²) < 4.78 is 27.1. The van der Waals surface area contributed by atoms with E-state index < -0.39 is 60.2 Å². The van der Waals surface area contributed by atoms with Crippen LogP contribution in [0.2, 0.25) is 0 Å². The van der Waals surface area contributed by atoms with E-state index in [1.165, 1.54) is 49.6 Å². The van der Waals surface area contributed by atoms with Crippen LogP contribution in [-0.2, 0) is 14.3 Å². The van der Waals surface area contributed by atoms with Crippen molar-refractivity contribution in [1.29, 1.82) is 0 Å². The van der Waals surface area contributed by atoms with Gasteiger partial charge in [0.1, 0.15) is 59.3 Å². The lowest BCUT2D eigenvalue weighted by Gasteiger charge is -2.39.